The predicted molar refractivity (Wildman–Crippen MR) is 78.3 cm³/mol. The highest BCUT2D eigenvalue weighted by Crippen LogP contribution is 2.12. The number of nitrogens with zero attached hydrogens (tertiary/aromatic N) is 1. The molecule has 1 aromatic rings. The van der Waals surface area contributed by atoms with Crippen LogP contribution in [0.25, 0.3) is 6.08 Å². The van der Waals surface area contributed by atoms with E-state index in [0.717, 1.165) is 5.56 Å². The summed E-state index contributed by atoms with van der Waals surface area (Å²) in [5, 5.41) is 1.65. The van der Waals surface area contributed by atoms with Crippen LogP contribution in [-0.2, 0) is 14.9 Å². The first kappa shape index (κ1) is 14.7. The van der Waals surface area contributed by atoms with Crippen LogP contribution >= 0.6 is 0 Å². The Morgan fingerprint density at radius 1 is 1.28 bits per heavy atom. The van der Waals surface area contributed by atoms with Gasteiger partial charge in [0.2, 0.25) is 0 Å². The summed E-state index contributed by atoms with van der Waals surface area (Å²) >= 11 is 0. The van der Waals surface area contributed by atoms with Crippen LogP contribution in [-0.4, -0.2) is 36.0 Å². The first-order valence-corrected chi connectivity index (χ1v) is 7.60. The minimum absolute atomic E-state index is 0.597. The van der Waals surface area contributed by atoms with Gasteiger partial charge in [-0.15, -0.1) is 0 Å². The van der Waals surface area contributed by atoms with Crippen molar-refractivity contribution in [3.63, 3.8) is 0 Å². The molecular formula is C14H20NO2S. The zero-order valence-corrected chi connectivity index (χ0v) is 12.1. The van der Waals surface area contributed by atoms with Gasteiger partial charge in [-0.1, -0.05) is 36.4 Å². The van der Waals surface area contributed by atoms with Gasteiger partial charge in [0.25, 0.3) is 0 Å². The van der Waals surface area contributed by atoms with E-state index in [9.17, 15) is 4.21 Å². The van der Waals surface area contributed by atoms with Gasteiger partial charge in [0.15, 0.2) is 0 Å². The Hall–Kier alpha value is -1.39. The molecule has 1 radical (unpaired) electrons. The molecular weight excluding hydrogens is 246 g/mol. The number of methoxy groups -OCH3 is 1. The van der Waals surface area contributed by atoms with Crippen molar-refractivity contribution in [1.82, 2.24) is 4.31 Å². The van der Waals surface area contributed by atoms with Crippen molar-refractivity contribution in [2.45, 2.75) is 0 Å². The molecule has 3 nitrogen and oxygen atoms in total. The second kappa shape index (κ2) is 6.52. The van der Waals surface area contributed by atoms with E-state index in [4.69, 9.17) is 4.74 Å². The summed E-state index contributed by atoms with van der Waals surface area (Å²) in [4.78, 5) is 0. The highest BCUT2D eigenvalue weighted by atomic mass is 32.3. The van der Waals surface area contributed by atoms with Crippen molar-refractivity contribution < 1.29 is 8.95 Å². The van der Waals surface area contributed by atoms with E-state index in [1.54, 1.807) is 37.2 Å². The van der Waals surface area contributed by atoms with E-state index >= 15 is 0 Å². The van der Waals surface area contributed by atoms with Crippen LogP contribution in [0.5, 0.6) is 0 Å². The van der Waals surface area contributed by atoms with Crippen LogP contribution in [0.3, 0.4) is 0 Å². The van der Waals surface area contributed by atoms with Crippen LogP contribution in [0.4, 0.5) is 0 Å². The lowest BCUT2D eigenvalue weighted by Crippen LogP contribution is -2.26. The van der Waals surface area contributed by atoms with Crippen LogP contribution in [0.1, 0.15) is 5.56 Å². The molecule has 0 saturated carbocycles. The van der Waals surface area contributed by atoms with E-state index in [0.29, 0.717) is 5.76 Å². The van der Waals surface area contributed by atoms with E-state index in [1.807, 2.05) is 42.5 Å². The summed E-state index contributed by atoms with van der Waals surface area (Å²) in [7, 11) is 2.98. The predicted octanol–water partition coefficient (Wildman–Crippen LogP) is 2.58. The van der Waals surface area contributed by atoms with Crippen LogP contribution < -0.4 is 0 Å². The zero-order valence-electron chi connectivity index (χ0n) is 11.3. The van der Waals surface area contributed by atoms with Gasteiger partial charge in [-0.3, -0.25) is 4.21 Å². The number of hydrogen-bond donors (Lipinski definition) is 0. The Morgan fingerprint density at radius 2 is 1.89 bits per heavy atom. The lowest BCUT2D eigenvalue weighted by Gasteiger charge is -2.20. The van der Waals surface area contributed by atoms with Gasteiger partial charge in [-0.25, -0.2) is 4.31 Å². The van der Waals surface area contributed by atoms with Crippen molar-refractivity contribution >= 4 is 16.2 Å². The van der Waals surface area contributed by atoms with Crippen molar-refractivity contribution in [3.8, 4) is 0 Å². The third-order valence-corrected chi connectivity index (χ3v) is 4.65. The highest BCUT2D eigenvalue weighted by Gasteiger charge is 2.11. The molecule has 0 saturated heterocycles. The van der Waals surface area contributed by atoms with Crippen molar-refractivity contribution in [2.75, 3.05) is 27.5 Å². The summed E-state index contributed by atoms with van der Waals surface area (Å²) in [5.41, 5.74) is 1.08. The maximum Gasteiger partial charge on any atom is 0.128 e. The van der Waals surface area contributed by atoms with Gasteiger partial charge in [-0.05, 0) is 25.7 Å². The Bertz CT molecular complexity index is 478. The average Bonchev–Trinajstić information content (AvgIpc) is 2.35. The largest absolute Gasteiger partial charge is 0.496 e. The second-order valence-electron chi connectivity index (χ2n) is 4.14. The SMILES string of the molecule is COC(=C\[S](C)(=O)N(C)C)/C=C/c1ccccc1. The molecule has 4 heteroatoms. The first-order valence-electron chi connectivity index (χ1n) is 5.61. The molecule has 18 heavy (non-hydrogen) atoms. The molecule has 1 rings (SSSR count). The molecule has 1 atom stereocenters. The molecule has 0 heterocycles. The quantitative estimate of drug-likeness (QED) is 0.605. The van der Waals surface area contributed by atoms with Gasteiger partial charge in [0, 0.05) is 21.8 Å². The number of ether oxygens (including phenoxy) is 1. The molecule has 0 spiro atoms. The summed E-state index contributed by atoms with van der Waals surface area (Å²) < 4.78 is 19.1. The molecule has 0 aliphatic carbocycles. The monoisotopic (exact) mass is 266 g/mol. The molecule has 0 N–H and O–H groups in total. The molecule has 0 fully saturated rings. The van der Waals surface area contributed by atoms with Gasteiger partial charge < -0.3 is 4.74 Å². The second-order valence-corrected chi connectivity index (χ2v) is 6.83. The molecule has 0 amide bonds. The highest BCUT2D eigenvalue weighted by molar-refractivity contribution is 8.02. The van der Waals surface area contributed by atoms with Crippen LogP contribution in [0.2, 0.25) is 0 Å². The normalized spacial score (nSPS) is 15.9. The van der Waals surface area contributed by atoms with Crippen molar-refractivity contribution in [1.29, 1.82) is 0 Å². The lowest BCUT2D eigenvalue weighted by molar-refractivity contribution is 0.308. The number of benzene rings is 1. The number of allylic oxidation sites excluding steroid dienone is 1. The fourth-order valence-corrected chi connectivity index (χ4v) is 2.04. The van der Waals surface area contributed by atoms with Crippen molar-refractivity contribution in [3.05, 3.63) is 53.1 Å². The maximum atomic E-state index is 12.2. The third kappa shape index (κ3) is 4.47. The summed E-state index contributed by atoms with van der Waals surface area (Å²) in [6.07, 6.45) is 5.44. The van der Waals surface area contributed by atoms with E-state index in [1.165, 1.54) is 0 Å². The Balaban J connectivity index is 2.89. The molecule has 0 aliphatic heterocycles. The average molecular weight is 266 g/mol. The molecule has 1 aromatic carbocycles. The lowest BCUT2D eigenvalue weighted by atomic mass is 10.2. The standard InChI is InChI=1S/C14H20NO2S/c1-15(2)18(4,16)12-14(17-3)11-10-13-8-6-5-7-9-13/h5-12H,1-4H3/b11-10+,14-12-. The topological polar surface area (TPSA) is 29.5 Å². The van der Waals surface area contributed by atoms with Crippen LogP contribution in [0.15, 0.2) is 47.6 Å². The Labute approximate surface area is 110 Å². The molecule has 0 aliphatic rings. The smallest absolute Gasteiger partial charge is 0.128 e. The van der Waals surface area contributed by atoms with E-state index < -0.39 is 10.1 Å². The minimum Gasteiger partial charge on any atom is -0.496 e. The van der Waals surface area contributed by atoms with E-state index in [-0.39, 0.29) is 0 Å². The van der Waals surface area contributed by atoms with Gasteiger partial charge in [-0.2, -0.15) is 0 Å². The summed E-state index contributed by atoms with van der Waals surface area (Å²) in [6, 6.07) is 9.91. The van der Waals surface area contributed by atoms with Gasteiger partial charge >= 0.3 is 0 Å². The summed E-state index contributed by atoms with van der Waals surface area (Å²) in [5.74, 6) is 0.597. The van der Waals surface area contributed by atoms with E-state index in [2.05, 4.69) is 0 Å². The Morgan fingerprint density at radius 3 is 2.39 bits per heavy atom. The summed E-state index contributed by atoms with van der Waals surface area (Å²) in [6.45, 7) is 0. The van der Waals surface area contributed by atoms with Crippen molar-refractivity contribution in [2.24, 2.45) is 0 Å². The third-order valence-electron chi connectivity index (χ3n) is 2.54. The number of hydrogen-bond acceptors (Lipinski definition) is 2. The molecule has 1 unspecified atom stereocenters. The van der Waals surface area contributed by atoms with Gasteiger partial charge in [0.1, 0.15) is 5.76 Å². The first-order chi connectivity index (χ1) is 8.45. The van der Waals surface area contributed by atoms with Crippen LogP contribution in [0, 0.1) is 0 Å². The zero-order chi connectivity index (χ0) is 13.6. The fourth-order valence-electron chi connectivity index (χ4n) is 1.22. The molecule has 0 bridgehead atoms. The fraction of sp³-hybridized carbons (Fsp3) is 0.286. The maximum absolute atomic E-state index is 12.2. The minimum atomic E-state index is -2.17. The van der Waals surface area contributed by atoms with Gasteiger partial charge in [0.05, 0.1) is 7.11 Å². The molecule has 99 valence electrons. The molecule has 0 aromatic heterocycles. The number of rotatable bonds is 5. The Kier molecular flexibility index (Phi) is 5.31.